The number of benzene rings is 1. The van der Waals surface area contributed by atoms with Crippen LogP contribution >= 0.6 is 11.6 Å². The number of unbranched alkanes of at least 4 members (excludes halogenated alkanes) is 2. The first kappa shape index (κ1) is 16.4. The molecule has 0 unspecified atom stereocenters. The van der Waals surface area contributed by atoms with Crippen LogP contribution in [0.25, 0.3) is 0 Å². The van der Waals surface area contributed by atoms with E-state index >= 15 is 0 Å². The van der Waals surface area contributed by atoms with Gasteiger partial charge in [-0.15, -0.1) is 11.6 Å². The van der Waals surface area contributed by atoms with Gasteiger partial charge in [0.25, 0.3) is 0 Å². The molecule has 5 heteroatoms. The summed E-state index contributed by atoms with van der Waals surface area (Å²) in [7, 11) is 0. The van der Waals surface area contributed by atoms with Gasteiger partial charge in [0.2, 0.25) is 11.8 Å². The number of alkyl halides is 1. The Labute approximate surface area is 112 Å². The molecule has 1 rings (SSSR count). The molecule has 4 N–H and O–H groups in total. The fourth-order valence-corrected chi connectivity index (χ4v) is 1.33. The Morgan fingerprint density at radius 2 is 1.39 bits per heavy atom. The summed E-state index contributed by atoms with van der Waals surface area (Å²) in [5.41, 5.74) is 10.7. The molecule has 18 heavy (non-hydrogen) atoms. The number of hydrogen-bond donors (Lipinski definition) is 2. The lowest BCUT2D eigenvalue weighted by Crippen LogP contribution is -2.13. The van der Waals surface area contributed by atoms with Crippen LogP contribution in [0.15, 0.2) is 24.3 Å². The van der Waals surface area contributed by atoms with Crippen molar-refractivity contribution in [1.82, 2.24) is 0 Å². The monoisotopic (exact) mass is 270 g/mol. The van der Waals surface area contributed by atoms with E-state index in [1.807, 2.05) is 0 Å². The lowest BCUT2D eigenvalue weighted by atomic mass is 10.1. The summed E-state index contributed by atoms with van der Waals surface area (Å²) < 4.78 is 0. The Morgan fingerprint density at radius 1 is 1.00 bits per heavy atom. The molecule has 100 valence electrons. The number of primary amides is 2. The van der Waals surface area contributed by atoms with Crippen molar-refractivity contribution < 1.29 is 9.59 Å². The van der Waals surface area contributed by atoms with E-state index < -0.39 is 11.8 Å². The van der Waals surface area contributed by atoms with Gasteiger partial charge < -0.3 is 11.5 Å². The summed E-state index contributed by atoms with van der Waals surface area (Å²) in [4.78, 5) is 21.2. The van der Waals surface area contributed by atoms with Gasteiger partial charge in [-0.3, -0.25) is 9.59 Å². The number of carbonyl (C=O) groups is 2. The van der Waals surface area contributed by atoms with Gasteiger partial charge in [-0.2, -0.15) is 0 Å². The normalized spacial score (nSPS) is 9.22. The molecule has 0 fully saturated rings. The average Bonchev–Trinajstić information content (AvgIpc) is 2.37. The van der Waals surface area contributed by atoms with Crippen molar-refractivity contribution >= 4 is 23.4 Å². The molecule has 0 atom stereocenters. The third-order valence-electron chi connectivity index (χ3n) is 2.19. The van der Waals surface area contributed by atoms with E-state index in [-0.39, 0.29) is 0 Å². The highest BCUT2D eigenvalue weighted by Crippen LogP contribution is 2.02. The first-order chi connectivity index (χ1) is 8.52. The fraction of sp³-hybridized carbons (Fsp3) is 0.385. The van der Waals surface area contributed by atoms with Crippen LogP contribution in [0.5, 0.6) is 0 Å². The second-order valence-electron chi connectivity index (χ2n) is 3.70. The van der Waals surface area contributed by atoms with E-state index in [1.165, 1.54) is 43.5 Å². The van der Waals surface area contributed by atoms with Gasteiger partial charge in [0.05, 0.1) is 0 Å². The number of nitrogens with two attached hydrogens (primary N) is 2. The second-order valence-corrected chi connectivity index (χ2v) is 4.08. The molecule has 0 aliphatic carbocycles. The largest absolute Gasteiger partial charge is 0.366 e. The Morgan fingerprint density at radius 3 is 1.56 bits per heavy atom. The highest BCUT2D eigenvalue weighted by atomic mass is 35.5. The quantitative estimate of drug-likeness (QED) is 0.635. The number of hydrogen-bond acceptors (Lipinski definition) is 2. The molecule has 4 nitrogen and oxygen atoms in total. The number of amides is 2. The van der Waals surface area contributed by atoms with E-state index in [9.17, 15) is 9.59 Å². The van der Waals surface area contributed by atoms with Crippen molar-refractivity contribution in [2.45, 2.75) is 26.2 Å². The van der Waals surface area contributed by atoms with E-state index in [2.05, 4.69) is 6.92 Å². The standard InChI is InChI=1S/C8H8N2O2.C5H11Cl/c9-7(11)5-1-2-6(4-3-5)8(10)12;1-2-3-4-5-6/h1-4H,(H2,9,11)(H2,10,12);2-5H2,1H3. The van der Waals surface area contributed by atoms with Crippen LogP contribution in [0.2, 0.25) is 0 Å². The minimum Gasteiger partial charge on any atom is -0.366 e. The zero-order valence-corrected chi connectivity index (χ0v) is 11.2. The highest BCUT2D eigenvalue weighted by Gasteiger charge is 2.02. The molecule has 1 aromatic carbocycles. The summed E-state index contributed by atoms with van der Waals surface area (Å²) in [6.07, 6.45) is 3.73. The summed E-state index contributed by atoms with van der Waals surface area (Å²) in [6, 6.07) is 5.84. The molecule has 1 aromatic rings. The smallest absolute Gasteiger partial charge is 0.248 e. The van der Waals surface area contributed by atoms with E-state index in [0.717, 1.165) is 5.88 Å². The maximum absolute atomic E-state index is 10.6. The van der Waals surface area contributed by atoms with Crippen LogP contribution < -0.4 is 11.5 Å². The van der Waals surface area contributed by atoms with Crippen LogP contribution in [0, 0.1) is 0 Å². The molecule has 0 radical (unpaired) electrons. The minimum absolute atomic E-state index is 0.361. The number of rotatable bonds is 5. The average molecular weight is 271 g/mol. The van der Waals surface area contributed by atoms with Crippen LogP contribution in [0.4, 0.5) is 0 Å². The number of carbonyl (C=O) groups excluding carboxylic acids is 2. The first-order valence-electron chi connectivity index (χ1n) is 5.78. The van der Waals surface area contributed by atoms with Gasteiger partial charge >= 0.3 is 0 Å². The molecule has 0 bridgehead atoms. The van der Waals surface area contributed by atoms with Gasteiger partial charge in [0.1, 0.15) is 0 Å². The molecule has 0 heterocycles. The Kier molecular flexibility index (Phi) is 8.66. The summed E-state index contributed by atoms with van der Waals surface area (Å²) in [5.74, 6) is -0.217. The van der Waals surface area contributed by atoms with Gasteiger partial charge in [-0.1, -0.05) is 19.8 Å². The molecular weight excluding hydrogens is 252 g/mol. The van der Waals surface area contributed by atoms with Gasteiger partial charge in [0.15, 0.2) is 0 Å². The van der Waals surface area contributed by atoms with E-state index in [4.69, 9.17) is 23.1 Å². The third kappa shape index (κ3) is 6.91. The van der Waals surface area contributed by atoms with Crippen molar-refractivity contribution in [3.05, 3.63) is 35.4 Å². The highest BCUT2D eigenvalue weighted by molar-refractivity contribution is 6.17. The minimum atomic E-state index is -0.522. The molecule has 0 saturated carbocycles. The predicted octanol–water partition coefficient (Wildman–Crippen LogP) is 2.30. The van der Waals surface area contributed by atoms with Crippen molar-refractivity contribution in [2.24, 2.45) is 11.5 Å². The van der Waals surface area contributed by atoms with Crippen LogP contribution in [-0.2, 0) is 0 Å². The Balaban J connectivity index is 0.000000411. The fourth-order valence-electron chi connectivity index (χ4n) is 1.14. The zero-order chi connectivity index (χ0) is 14.0. The molecular formula is C13H19ClN2O2. The second kappa shape index (κ2) is 9.48. The van der Waals surface area contributed by atoms with Crippen molar-refractivity contribution in [3.8, 4) is 0 Å². The molecule has 0 aromatic heterocycles. The predicted molar refractivity (Wildman–Crippen MR) is 73.7 cm³/mol. The van der Waals surface area contributed by atoms with Crippen LogP contribution in [0.3, 0.4) is 0 Å². The van der Waals surface area contributed by atoms with Crippen LogP contribution in [0.1, 0.15) is 46.9 Å². The van der Waals surface area contributed by atoms with Crippen molar-refractivity contribution in [2.75, 3.05) is 5.88 Å². The lowest BCUT2D eigenvalue weighted by Gasteiger charge is -1.96. The third-order valence-corrected chi connectivity index (χ3v) is 2.46. The molecule has 0 aliphatic heterocycles. The molecule has 0 saturated heterocycles. The Bertz CT molecular complexity index is 340. The SMILES string of the molecule is CCCCCCl.NC(=O)c1ccc(C(N)=O)cc1. The molecule has 2 amide bonds. The summed E-state index contributed by atoms with van der Waals surface area (Å²) in [5, 5.41) is 0. The van der Waals surface area contributed by atoms with Crippen molar-refractivity contribution in [1.29, 1.82) is 0 Å². The van der Waals surface area contributed by atoms with Gasteiger partial charge in [-0.25, -0.2) is 0 Å². The maximum atomic E-state index is 10.6. The summed E-state index contributed by atoms with van der Waals surface area (Å²) >= 11 is 5.38. The lowest BCUT2D eigenvalue weighted by molar-refractivity contribution is 0.0988. The molecule has 0 aliphatic rings. The van der Waals surface area contributed by atoms with Crippen LogP contribution in [-0.4, -0.2) is 17.7 Å². The molecule has 0 spiro atoms. The zero-order valence-electron chi connectivity index (χ0n) is 10.5. The number of halogens is 1. The van der Waals surface area contributed by atoms with Gasteiger partial charge in [0, 0.05) is 17.0 Å². The topological polar surface area (TPSA) is 86.2 Å². The van der Waals surface area contributed by atoms with E-state index in [1.54, 1.807) is 0 Å². The van der Waals surface area contributed by atoms with E-state index in [0.29, 0.717) is 11.1 Å². The Hall–Kier alpha value is -1.55. The first-order valence-corrected chi connectivity index (χ1v) is 6.32. The van der Waals surface area contributed by atoms with Crippen molar-refractivity contribution in [3.63, 3.8) is 0 Å². The summed E-state index contributed by atoms with van der Waals surface area (Å²) in [6.45, 7) is 2.17. The van der Waals surface area contributed by atoms with Gasteiger partial charge in [-0.05, 0) is 30.7 Å². The maximum Gasteiger partial charge on any atom is 0.248 e.